The first kappa shape index (κ1) is 25.4. The third kappa shape index (κ3) is 15.2. The molecule has 0 bridgehead atoms. The van der Waals surface area contributed by atoms with Crippen molar-refractivity contribution < 1.29 is 0 Å². The van der Waals surface area contributed by atoms with Gasteiger partial charge >= 0.3 is 0 Å². The summed E-state index contributed by atoms with van der Waals surface area (Å²) in [6.45, 7) is 7.02. The van der Waals surface area contributed by atoms with Gasteiger partial charge in [-0.3, -0.25) is 0 Å². The van der Waals surface area contributed by atoms with Crippen LogP contribution in [0.2, 0.25) is 0 Å². The average Bonchev–Trinajstić information content (AvgIpc) is 2.63. The summed E-state index contributed by atoms with van der Waals surface area (Å²) in [5, 5.41) is 0. The van der Waals surface area contributed by atoms with E-state index >= 15 is 0 Å². The van der Waals surface area contributed by atoms with Crippen LogP contribution in [0.4, 0.5) is 0 Å². The average molecular weight is 371 g/mol. The van der Waals surface area contributed by atoms with E-state index in [4.69, 9.17) is 0 Å². The maximum atomic E-state index is 2.90. The van der Waals surface area contributed by atoms with Crippen LogP contribution in [-0.2, 0) is 0 Å². The van der Waals surface area contributed by atoms with Gasteiger partial charge in [0.1, 0.15) is 0 Å². The van der Waals surface area contributed by atoms with Gasteiger partial charge in [0.25, 0.3) is 0 Å². The van der Waals surface area contributed by atoms with Gasteiger partial charge in [-0.25, -0.2) is 0 Å². The van der Waals surface area contributed by atoms with Crippen molar-refractivity contribution >= 4 is 9.24 Å². The monoisotopic (exact) mass is 370 g/mol. The molecule has 0 aromatic carbocycles. The Morgan fingerprint density at radius 2 is 0.760 bits per heavy atom. The van der Waals surface area contributed by atoms with E-state index in [1.807, 2.05) is 0 Å². The van der Waals surface area contributed by atoms with E-state index in [2.05, 4.69) is 30.0 Å². The van der Waals surface area contributed by atoms with Crippen molar-refractivity contribution in [2.75, 3.05) is 6.16 Å². The number of hydrogen-bond acceptors (Lipinski definition) is 0. The number of rotatable bonds is 20. The lowest BCUT2D eigenvalue weighted by molar-refractivity contribution is 0.172. The third-order valence-corrected chi connectivity index (χ3v) is 6.50. The van der Waals surface area contributed by atoms with Crippen molar-refractivity contribution in [1.29, 1.82) is 0 Å². The summed E-state index contributed by atoms with van der Waals surface area (Å²) in [6, 6.07) is 0. The molecule has 0 aliphatic rings. The molecule has 0 radical (unpaired) electrons. The SMILES string of the molecule is CCCCCCC(CCCCCC)(CCCCCC)CCCCCP. The van der Waals surface area contributed by atoms with Gasteiger partial charge in [-0.15, -0.1) is 9.24 Å². The second-order valence-electron chi connectivity index (χ2n) is 8.53. The lowest BCUT2D eigenvalue weighted by Crippen LogP contribution is -2.21. The molecule has 0 amide bonds. The predicted octanol–water partition coefficient (Wildman–Crippen LogP) is 9.32. The van der Waals surface area contributed by atoms with E-state index in [0.29, 0.717) is 5.41 Å². The molecule has 152 valence electrons. The summed E-state index contributed by atoms with van der Waals surface area (Å²) in [7, 11) is 2.90. The van der Waals surface area contributed by atoms with Gasteiger partial charge in [-0.1, -0.05) is 111 Å². The van der Waals surface area contributed by atoms with Crippen molar-refractivity contribution in [2.24, 2.45) is 5.41 Å². The fraction of sp³-hybridized carbons (Fsp3) is 1.00. The van der Waals surface area contributed by atoms with E-state index in [0.717, 1.165) is 0 Å². The molecule has 1 heteroatoms. The van der Waals surface area contributed by atoms with E-state index in [1.165, 1.54) is 128 Å². The van der Waals surface area contributed by atoms with Crippen molar-refractivity contribution in [3.63, 3.8) is 0 Å². The summed E-state index contributed by atoms with van der Waals surface area (Å²) >= 11 is 0. The Kier molecular flexibility index (Phi) is 19.5. The van der Waals surface area contributed by atoms with E-state index in [9.17, 15) is 0 Å². The van der Waals surface area contributed by atoms with Crippen LogP contribution in [0.25, 0.3) is 0 Å². The van der Waals surface area contributed by atoms with Gasteiger partial charge < -0.3 is 0 Å². The van der Waals surface area contributed by atoms with Crippen molar-refractivity contribution in [2.45, 2.75) is 143 Å². The minimum Gasteiger partial charge on any atom is -0.138 e. The summed E-state index contributed by atoms with van der Waals surface area (Å²) in [5.74, 6) is 0. The molecule has 0 nitrogen and oxygen atoms in total. The largest absolute Gasteiger partial charge is 0.138 e. The second kappa shape index (κ2) is 19.2. The molecule has 0 heterocycles. The van der Waals surface area contributed by atoms with Crippen molar-refractivity contribution in [3.8, 4) is 0 Å². The van der Waals surface area contributed by atoms with E-state index in [-0.39, 0.29) is 0 Å². The Morgan fingerprint density at radius 3 is 1.04 bits per heavy atom. The molecule has 0 aliphatic heterocycles. The highest BCUT2D eigenvalue weighted by Gasteiger charge is 2.28. The highest BCUT2D eigenvalue weighted by molar-refractivity contribution is 7.16. The highest BCUT2D eigenvalue weighted by atomic mass is 31.0. The normalized spacial score (nSPS) is 12.0. The van der Waals surface area contributed by atoms with Gasteiger partial charge in [-0.2, -0.15) is 0 Å². The van der Waals surface area contributed by atoms with Crippen molar-refractivity contribution in [3.05, 3.63) is 0 Å². The standard InChI is InChI=1S/C24H51P/c1-4-7-10-14-19-24(20-15-11-8-5-2,21-16-12-9-6-3)22-17-13-18-23-25/h4-23,25H2,1-3H3. The molecule has 0 saturated carbocycles. The molecule has 1 atom stereocenters. The molecule has 1 unspecified atom stereocenters. The zero-order valence-corrected chi connectivity index (χ0v) is 19.4. The molecule has 0 fully saturated rings. The maximum Gasteiger partial charge on any atom is -0.0297 e. The minimum atomic E-state index is 0.691. The fourth-order valence-electron chi connectivity index (χ4n) is 4.35. The summed E-state index contributed by atoms with van der Waals surface area (Å²) in [5.41, 5.74) is 0.691. The van der Waals surface area contributed by atoms with E-state index in [1.54, 1.807) is 0 Å². The Hall–Kier alpha value is 0.430. The molecule has 0 rings (SSSR count). The first-order valence-corrected chi connectivity index (χ1v) is 12.8. The quantitative estimate of drug-likeness (QED) is 0.148. The third-order valence-electron chi connectivity index (χ3n) is 6.09. The highest BCUT2D eigenvalue weighted by Crippen LogP contribution is 2.42. The molecule has 0 saturated heterocycles. The van der Waals surface area contributed by atoms with Gasteiger partial charge in [0.15, 0.2) is 0 Å². The second-order valence-corrected chi connectivity index (χ2v) is 9.11. The maximum absolute atomic E-state index is 2.90. The number of hydrogen-bond donors (Lipinski definition) is 0. The fourth-order valence-corrected chi connectivity index (χ4v) is 4.64. The Labute approximate surface area is 163 Å². The van der Waals surface area contributed by atoms with Crippen molar-refractivity contribution in [1.82, 2.24) is 0 Å². The predicted molar refractivity (Wildman–Crippen MR) is 122 cm³/mol. The lowest BCUT2D eigenvalue weighted by atomic mass is 9.70. The Balaban J connectivity index is 4.62. The summed E-state index contributed by atoms with van der Waals surface area (Å²) in [6.07, 6.45) is 29.0. The molecular formula is C24H51P. The Morgan fingerprint density at radius 1 is 0.440 bits per heavy atom. The molecule has 0 aromatic rings. The van der Waals surface area contributed by atoms with Crippen LogP contribution in [0.3, 0.4) is 0 Å². The van der Waals surface area contributed by atoms with Gasteiger partial charge in [-0.05, 0) is 43.7 Å². The molecular weight excluding hydrogens is 319 g/mol. The molecule has 0 aliphatic carbocycles. The minimum absolute atomic E-state index is 0.691. The molecule has 25 heavy (non-hydrogen) atoms. The van der Waals surface area contributed by atoms with Crippen LogP contribution >= 0.6 is 9.24 Å². The molecule has 0 N–H and O–H groups in total. The molecule has 0 aromatic heterocycles. The van der Waals surface area contributed by atoms with Gasteiger partial charge in [0.2, 0.25) is 0 Å². The van der Waals surface area contributed by atoms with Crippen LogP contribution in [0.1, 0.15) is 143 Å². The lowest BCUT2D eigenvalue weighted by Gasteiger charge is -2.35. The van der Waals surface area contributed by atoms with Crippen LogP contribution in [0, 0.1) is 5.41 Å². The van der Waals surface area contributed by atoms with Crippen LogP contribution in [0.15, 0.2) is 0 Å². The number of unbranched alkanes of at least 4 members (excludes halogenated alkanes) is 11. The first-order chi connectivity index (χ1) is 12.2. The van der Waals surface area contributed by atoms with Gasteiger partial charge in [0, 0.05) is 0 Å². The van der Waals surface area contributed by atoms with E-state index < -0.39 is 0 Å². The van der Waals surface area contributed by atoms with Crippen LogP contribution in [0.5, 0.6) is 0 Å². The Bertz CT molecular complexity index is 195. The molecule has 0 spiro atoms. The van der Waals surface area contributed by atoms with Gasteiger partial charge in [0.05, 0.1) is 0 Å². The summed E-state index contributed by atoms with van der Waals surface area (Å²) in [4.78, 5) is 0. The summed E-state index contributed by atoms with van der Waals surface area (Å²) < 4.78 is 0. The first-order valence-electron chi connectivity index (χ1n) is 11.9. The van der Waals surface area contributed by atoms with Crippen LogP contribution in [-0.4, -0.2) is 6.16 Å². The topological polar surface area (TPSA) is 0 Å². The smallest absolute Gasteiger partial charge is 0.0297 e. The zero-order chi connectivity index (χ0) is 18.6. The van der Waals surface area contributed by atoms with Crippen LogP contribution < -0.4 is 0 Å². The zero-order valence-electron chi connectivity index (χ0n) is 18.2.